The van der Waals surface area contributed by atoms with Gasteiger partial charge < -0.3 is 0 Å². The minimum atomic E-state index is -0.0396. The minimum absolute atomic E-state index is 0.0396. The van der Waals surface area contributed by atoms with Crippen LogP contribution in [0.1, 0.15) is 16.5 Å². The Morgan fingerprint density at radius 3 is 2.84 bits per heavy atom. The van der Waals surface area contributed by atoms with Gasteiger partial charge in [-0.2, -0.15) is 0 Å². The molecule has 3 nitrogen and oxygen atoms in total. The van der Waals surface area contributed by atoms with Crippen molar-refractivity contribution in [2.24, 2.45) is 5.84 Å². The molecule has 1 unspecified atom stereocenters. The summed E-state index contributed by atoms with van der Waals surface area (Å²) in [6.07, 6.45) is 1.80. The Morgan fingerprint density at radius 2 is 2.11 bits per heavy atom. The summed E-state index contributed by atoms with van der Waals surface area (Å²) in [5.74, 6) is 5.77. The monoisotopic (exact) mass is 333 g/mol. The van der Waals surface area contributed by atoms with Gasteiger partial charge in [0.15, 0.2) is 0 Å². The molecule has 0 fully saturated rings. The molecule has 0 spiro atoms. The first-order chi connectivity index (χ1) is 9.31. The molecule has 0 saturated carbocycles. The maximum atomic E-state index is 5.77. The van der Waals surface area contributed by atoms with Gasteiger partial charge in [-0.25, -0.2) is 5.43 Å². The molecular weight excluding hydrogens is 322 g/mol. The number of nitrogens with zero attached hydrogens (tertiary/aromatic N) is 1. The first-order valence-corrected chi connectivity index (χ1v) is 7.51. The van der Waals surface area contributed by atoms with Crippen LogP contribution < -0.4 is 11.3 Å². The van der Waals surface area contributed by atoms with Gasteiger partial charge in [0.2, 0.25) is 0 Å². The Kier molecular flexibility index (Phi) is 3.61. The number of thiophene rings is 1. The number of hydrogen-bond donors (Lipinski definition) is 2. The number of nitrogens with two attached hydrogens (primary N) is 1. The molecule has 0 aliphatic carbocycles. The quantitative estimate of drug-likeness (QED) is 0.568. The first-order valence-electron chi connectivity index (χ1n) is 5.84. The smallest absolute Gasteiger partial charge is 0.0820 e. The number of nitrogens with one attached hydrogen (secondary N) is 1. The Labute approximate surface area is 123 Å². The zero-order valence-electron chi connectivity index (χ0n) is 10.0. The van der Waals surface area contributed by atoms with Gasteiger partial charge >= 0.3 is 0 Å². The molecule has 96 valence electrons. The average molecular weight is 334 g/mol. The van der Waals surface area contributed by atoms with Crippen LogP contribution in [0.25, 0.3) is 10.9 Å². The normalized spacial score (nSPS) is 12.7. The molecule has 0 amide bonds. The van der Waals surface area contributed by atoms with E-state index in [0.717, 1.165) is 20.9 Å². The van der Waals surface area contributed by atoms with Crippen molar-refractivity contribution in [1.82, 2.24) is 10.4 Å². The second-order valence-electron chi connectivity index (χ2n) is 4.15. The van der Waals surface area contributed by atoms with Gasteiger partial charge in [0.05, 0.1) is 11.6 Å². The summed E-state index contributed by atoms with van der Waals surface area (Å²) >= 11 is 5.24. The molecule has 0 bridgehead atoms. The minimum Gasteiger partial charge on any atom is -0.271 e. The fraction of sp³-hybridized carbons (Fsp3) is 0.0714. The lowest BCUT2D eigenvalue weighted by Gasteiger charge is -2.17. The molecule has 1 aromatic carbocycles. The molecule has 2 heterocycles. The number of fused-ring (bicyclic) bond motifs is 1. The second kappa shape index (κ2) is 5.38. The second-order valence-corrected chi connectivity index (χ2v) is 5.95. The highest BCUT2D eigenvalue weighted by Crippen LogP contribution is 2.35. The summed E-state index contributed by atoms with van der Waals surface area (Å²) in [5.41, 5.74) is 5.02. The number of rotatable bonds is 3. The van der Waals surface area contributed by atoms with E-state index in [4.69, 9.17) is 5.84 Å². The van der Waals surface area contributed by atoms with Crippen LogP contribution >= 0.6 is 27.3 Å². The summed E-state index contributed by atoms with van der Waals surface area (Å²) in [6.45, 7) is 0. The molecule has 1 atom stereocenters. The fourth-order valence-electron chi connectivity index (χ4n) is 2.20. The lowest BCUT2D eigenvalue weighted by Crippen LogP contribution is -2.28. The van der Waals surface area contributed by atoms with Gasteiger partial charge in [0.25, 0.3) is 0 Å². The van der Waals surface area contributed by atoms with E-state index in [1.165, 1.54) is 4.88 Å². The summed E-state index contributed by atoms with van der Waals surface area (Å²) < 4.78 is 1.07. The molecular formula is C14H12BrN3S. The van der Waals surface area contributed by atoms with Crippen LogP contribution in [-0.4, -0.2) is 4.98 Å². The summed E-state index contributed by atoms with van der Waals surface area (Å²) in [6, 6.07) is 12.1. The van der Waals surface area contributed by atoms with E-state index in [1.54, 1.807) is 17.5 Å². The SMILES string of the molecule is NNC(c1sccc1Br)c1cccc2ncccc12. The van der Waals surface area contributed by atoms with Crippen molar-refractivity contribution in [1.29, 1.82) is 0 Å². The van der Waals surface area contributed by atoms with Gasteiger partial charge in [-0.3, -0.25) is 10.8 Å². The van der Waals surface area contributed by atoms with Gasteiger partial charge in [-0.1, -0.05) is 18.2 Å². The third-order valence-electron chi connectivity index (χ3n) is 3.06. The van der Waals surface area contributed by atoms with Crippen LogP contribution in [0, 0.1) is 0 Å². The highest BCUT2D eigenvalue weighted by Gasteiger charge is 2.18. The standard InChI is InChI=1S/C14H12BrN3S/c15-11-6-8-19-14(11)13(18-16)10-3-1-5-12-9(10)4-2-7-17-12/h1-8,13,18H,16H2. The molecule has 0 aliphatic heterocycles. The van der Waals surface area contributed by atoms with Crippen LogP contribution in [-0.2, 0) is 0 Å². The summed E-state index contributed by atoms with van der Waals surface area (Å²) in [5, 5.41) is 3.17. The van der Waals surface area contributed by atoms with E-state index in [1.807, 2.05) is 29.6 Å². The Balaban J connectivity index is 2.20. The molecule has 3 N–H and O–H groups in total. The zero-order chi connectivity index (χ0) is 13.2. The van der Waals surface area contributed by atoms with Gasteiger partial charge in [0, 0.05) is 20.9 Å². The number of aromatic nitrogens is 1. The number of hydrogen-bond acceptors (Lipinski definition) is 4. The number of halogens is 1. The van der Waals surface area contributed by atoms with Gasteiger partial charge in [-0.15, -0.1) is 11.3 Å². The number of benzene rings is 1. The maximum Gasteiger partial charge on any atom is 0.0820 e. The van der Waals surface area contributed by atoms with Gasteiger partial charge in [0.1, 0.15) is 0 Å². The van der Waals surface area contributed by atoms with Crippen LogP contribution in [0.3, 0.4) is 0 Å². The van der Waals surface area contributed by atoms with E-state index >= 15 is 0 Å². The van der Waals surface area contributed by atoms with E-state index in [0.29, 0.717) is 0 Å². The van der Waals surface area contributed by atoms with Crippen molar-refractivity contribution >= 4 is 38.2 Å². The Hall–Kier alpha value is -1.27. The Bertz CT molecular complexity index is 705. The van der Waals surface area contributed by atoms with Crippen molar-refractivity contribution < 1.29 is 0 Å². The van der Waals surface area contributed by atoms with E-state index in [-0.39, 0.29) is 6.04 Å². The number of pyridine rings is 1. The molecule has 0 saturated heterocycles. The van der Waals surface area contributed by atoms with Crippen molar-refractivity contribution in [3.8, 4) is 0 Å². The lowest BCUT2D eigenvalue weighted by molar-refractivity contribution is 0.648. The highest BCUT2D eigenvalue weighted by atomic mass is 79.9. The van der Waals surface area contributed by atoms with Crippen LogP contribution in [0.5, 0.6) is 0 Å². The van der Waals surface area contributed by atoms with Crippen molar-refractivity contribution in [2.75, 3.05) is 0 Å². The molecule has 2 aromatic heterocycles. The van der Waals surface area contributed by atoms with Crippen LogP contribution in [0.2, 0.25) is 0 Å². The summed E-state index contributed by atoms with van der Waals surface area (Å²) in [7, 11) is 0. The molecule has 3 aromatic rings. The largest absolute Gasteiger partial charge is 0.271 e. The molecule has 0 aliphatic rings. The number of hydrazine groups is 1. The first kappa shape index (κ1) is 12.7. The topological polar surface area (TPSA) is 50.9 Å². The van der Waals surface area contributed by atoms with E-state index in [9.17, 15) is 0 Å². The van der Waals surface area contributed by atoms with E-state index in [2.05, 4.69) is 38.5 Å². The van der Waals surface area contributed by atoms with E-state index < -0.39 is 0 Å². The van der Waals surface area contributed by atoms with Gasteiger partial charge in [-0.05, 0) is 45.1 Å². The molecule has 19 heavy (non-hydrogen) atoms. The maximum absolute atomic E-state index is 5.77. The molecule has 5 heteroatoms. The average Bonchev–Trinajstić information content (AvgIpc) is 2.86. The summed E-state index contributed by atoms with van der Waals surface area (Å²) in [4.78, 5) is 5.55. The van der Waals surface area contributed by atoms with Crippen molar-refractivity contribution in [3.05, 3.63) is 62.9 Å². The van der Waals surface area contributed by atoms with Crippen molar-refractivity contribution in [3.63, 3.8) is 0 Å². The fourth-order valence-corrected chi connectivity index (χ4v) is 3.88. The lowest BCUT2D eigenvalue weighted by atomic mass is 10.0. The van der Waals surface area contributed by atoms with Crippen LogP contribution in [0.4, 0.5) is 0 Å². The predicted octanol–water partition coefficient (Wildman–Crippen LogP) is 3.61. The zero-order valence-corrected chi connectivity index (χ0v) is 12.4. The highest BCUT2D eigenvalue weighted by molar-refractivity contribution is 9.10. The third-order valence-corrected chi connectivity index (χ3v) is 5.00. The third kappa shape index (κ3) is 2.30. The predicted molar refractivity (Wildman–Crippen MR) is 82.9 cm³/mol. The van der Waals surface area contributed by atoms with Crippen molar-refractivity contribution in [2.45, 2.75) is 6.04 Å². The van der Waals surface area contributed by atoms with Crippen LogP contribution in [0.15, 0.2) is 52.4 Å². The Morgan fingerprint density at radius 1 is 1.21 bits per heavy atom. The molecule has 3 rings (SSSR count). The molecule has 0 radical (unpaired) electrons.